The van der Waals surface area contributed by atoms with E-state index >= 15 is 0 Å². The fourth-order valence-corrected chi connectivity index (χ4v) is 1.28. The molecule has 1 aromatic heterocycles. The van der Waals surface area contributed by atoms with E-state index in [9.17, 15) is 4.79 Å². The molecule has 0 aromatic carbocycles. The van der Waals surface area contributed by atoms with E-state index in [4.69, 9.17) is 0 Å². The van der Waals surface area contributed by atoms with Gasteiger partial charge in [-0.3, -0.25) is 9.89 Å². The van der Waals surface area contributed by atoms with Gasteiger partial charge < -0.3 is 5.32 Å². The van der Waals surface area contributed by atoms with E-state index in [-0.39, 0.29) is 23.2 Å². The Balaban J connectivity index is 2.05. The molecule has 0 radical (unpaired) electrons. The molecule has 0 bridgehead atoms. The molecule has 5 nitrogen and oxygen atoms in total. The SMILES string of the molecule is CC(C)c1nc(C(=O)NC2(C)CC2)n[nH]1. The molecule has 1 aliphatic rings. The van der Waals surface area contributed by atoms with E-state index in [1.807, 2.05) is 20.8 Å². The van der Waals surface area contributed by atoms with Gasteiger partial charge in [-0.15, -0.1) is 5.10 Å². The number of carbonyl (C=O) groups is 1. The first-order chi connectivity index (χ1) is 7.00. The number of aromatic nitrogens is 3. The first kappa shape index (κ1) is 10.1. The van der Waals surface area contributed by atoms with Gasteiger partial charge in [0.2, 0.25) is 5.82 Å². The van der Waals surface area contributed by atoms with Crippen molar-refractivity contribution in [2.45, 2.75) is 45.1 Å². The molecule has 82 valence electrons. The van der Waals surface area contributed by atoms with Crippen LogP contribution in [-0.4, -0.2) is 26.6 Å². The maximum atomic E-state index is 11.7. The van der Waals surface area contributed by atoms with Crippen molar-refractivity contribution < 1.29 is 4.79 Å². The normalized spacial score (nSPS) is 17.9. The molecule has 0 spiro atoms. The van der Waals surface area contributed by atoms with Gasteiger partial charge in [0.25, 0.3) is 5.91 Å². The van der Waals surface area contributed by atoms with Crippen molar-refractivity contribution in [2.24, 2.45) is 0 Å². The molecule has 0 aliphatic heterocycles. The summed E-state index contributed by atoms with van der Waals surface area (Å²) in [4.78, 5) is 15.8. The molecule has 15 heavy (non-hydrogen) atoms. The van der Waals surface area contributed by atoms with Crippen molar-refractivity contribution in [2.75, 3.05) is 0 Å². The van der Waals surface area contributed by atoms with Crippen LogP contribution in [0, 0.1) is 0 Å². The van der Waals surface area contributed by atoms with Gasteiger partial charge in [0.15, 0.2) is 0 Å². The van der Waals surface area contributed by atoms with Gasteiger partial charge in [0.05, 0.1) is 0 Å². The summed E-state index contributed by atoms with van der Waals surface area (Å²) in [6.07, 6.45) is 2.08. The van der Waals surface area contributed by atoms with Crippen LogP contribution in [0.25, 0.3) is 0 Å². The lowest BCUT2D eigenvalue weighted by atomic mass is 10.2. The van der Waals surface area contributed by atoms with Crippen LogP contribution < -0.4 is 5.32 Å². The topological polar surface area (TPSA) is 70.7 Å². The van der Waals surface area contributed by atoms with Crippen LogP contribution in [0.4, 0.5) is 0 Å². The zero-order chi connectivity index (χ0) is 11.1. The van der Waals surface area contributed by atoms with E-state index in [1.165, 1.54) is 0 Å². The number of carbonyl (C=O) groups excluding carboxylic acids is 1. The van der Waals surface area contributed by atoms with Gasteiger partial charge >= 0.3 is 0 Å². The van der Waals surface area contributed by atoms with E-state index in [2.05, 4.69) is 20.5 Å². The summed E-state index contributed by atoms with van der Waals surface area (Å²) in [6.45, 7) is 6.04. The van der Waals surface area contributed by atoms with Crippen molar-refractivity contribution in [3.8, 4) is 0 Å². The Labute approximate surface area is 88.7 Å². The van der Waals surface area contributed by atoms with E-state index < -0.39 is 0 Å². The Kier molecular flexibility index (Phi) is 2.25. The van der Waals surface area contributed by atoms with Gasteiger partial charge in [-0.1, -0.05) is 13.8 Å². The smallest absolute Gasteiger partial charge is 0.291 e. The maximum absolute atomic E-state index is 11.7. The lowest BCUT2D eigenvalue weighted by Crippen LogP contribution is -2.34. The zero-order valence-corrected chi connectivity index (χ0v) is 9.29. The molecule has 1 fully saturated rings. The highest BCUT2D eigenvalue weighted by molar-refractivity contribution is 5.91. The average molecular weight is 208 g/mol. The summed E-state index contributed by atoms with van der Waals surface area (Å²) in [7, 11) is 0. The van der Waals surface area contributed by atoms with Gasteiger partial charge in [-0.25, -0.2) is 4.98 Å². The molecule has 2 rings (SSSR count). The fourth-order valence-electron chi connectivity index (χ4n) is 1.28. The number of hydrogen-bond donors (Lipinski definition) is 2. The molecule has 1 saturated carbocycles. The molecular formula is C10H16N4O. The van der Waals surface area contributed by atoms with Crippen molar-refractivity contribution in [3.63, 3.8) is 0 Å². The Hall–Kier alpha value is -1.39. The number of hydrogen-bond acceptors (Lipinski definition) is 3. The molecule has 2 N–H and O–H groups in total. The number of aromatic amines is 1. The number of H-pyrrole nitrogens is 1. The summed E-state index contributed by atoms with van der Waals surface area (Å²) in [5.74, 6) is 1.07. The average Bonchev–Trinajstić information content (AvgIpc) is 2.70. The standard InChI is InChI=1S/C10H16N4O/c1-6(2)7-11-8(14-13-7)9(15)12-10(3)4-5-10/h6H,4-5H2,1-3H3,(H,12,15)(H,11,13,14). The molecule has 1 heterocycles. The number of nitrogens with one attached hydrogen (secondary N) is 2. The van der Waals surface area contributed by atoms with Crippen molar-refractivity contribution in [1.82, 2.24) is 20.5 Å². The Bertz CT molecular complexity index is 379. The first-order valence-corrected chi connectivity index (χ1v) is 5.25. The largest absolute Gasteiger partial charge is 0.344 e. The predicted molar refractivity (Wildman–Crippen MR) is 55.6 cm³/mol. The second-order valence-electron chi connectivity index (χ2n) is 4.71. The maximum Gasteiger partial charge on any atom is 0.291 e. The van der Waals surface area contributed by atoms with Gasteiger partial charge in [-0.05, 0) is 19.8 Å². The minimum absolute atomic E-state index is 0.0181. The first-order valence-electron chi connectivity index (χ1n) is 5.25. The lowest BCUT2D eigenvalue weighted by Gasteiger charge is -2.08. The van der Waals surface area contributed by atoms with Gasteiger partial charge in [-0.2, -0.15) is 0 Å². The van der Waals surface area contributed by atoms with Crippen LogP contribution >= 0.6 is 0 Å². The van der Waals surface area contributed by atoms with E-state index in [1.54, 1.807) is 0 Å². The molecule has 0 unspecified atom stereocenters. The molecule has 1 aromatic rings. The van der Waals surface area contributed by atoms with Crippen LogP contribution in [0.5, 0.6) is 0 Å². The van der Waals surface area contributed by atoms with Crippen LogP contribution in [-0.2, 0) is 0 Å². The number of rotatable bonds is 3. The summed E-state index contributed by atoms with van der Waals surface area (Å²) in [5, 5.41) is 9.59. The fraction of sp³-hybridized carbons (Fsp3) is 0.700. The molecule has 1 amide bonds. The minimum atomic E-state index is -0.182. The van der Waals surface area contributed by atoms with Crippen LogP contribution in [0.3, 0.4) is 0 Å². The van der Waals surface area contributed by atoms with Crippen molar-refractivity contribution >= 4 is 5.91 Å². The molecule has 0 saturated heterocycles. The number of amides is 1. The van der Waals surface area contributed by atoms with E-state index in [0.29, 0.717) is 0 Å². The Morgan fingerprint density at radius 2 is 2.20 bits per heavy atom. The third-order valence-electron chi connectivity index (χ3n) is 2.67. The lowest BCUT2D eigenvalue weighted by molar-refractivity contribution is 0.0925. The monoisotopic (exact) mass is 208 g/mol. The second kappa shape index (κ2) is 3.32. The molecular weight excluding hydrogens is 192 g/mol. The van der Waals surface area contributed by atoms with Crippen molar-refractivity contribution in [3.05, 3.63) is 11.6 Å². The van der Waals surface area contributed by atoms with Crippen LogP contribution in [0.2, 0.25) is 0 Å². The molecule has 1 aliphatic carbocycles. The van der Waals surface area contributed by atoms with Gasteiger partial charge in [0.1, 0.15) is 5.82 Å². The quantitative estimate of drug-likeness (QED) is 0.784. The summed E-state index contributed by atoms with van der Waals surface area (Å²) in [6, 6.07) is 0. The number of nitrogens with zero attached hydrogens (tertiary/aromatic N) is 2. The highest BCUT2D eigenvalue weighted by Gasteiger charge is 2.39. The predicted octanol–water partition coefficient (Wildman–Crippen LogP) is 1.21. The van der Waals surface area contributed by atoms with Crippen molar-refractivity contribution in [1.29, 1.82) is 0 Å². The Morgan fingerprint density at radius 1 is 1.53 bits per heavy atom. The van der Waals surface area contributed by atoms with Crippen LogP contribution in [0.15, 0.2) is 0 Å². The highest BCUT2D eigenvalue weighted by Crippen LogP contribution is 2.34. The third kappa shape index (κ3) is 2.16. The second-order valence-corrected chi connectivity index (χ2v) is 4.71. The van der Waals surface area contributed by atoms with E-state index in [0.717, 1.165) is 18.7 Å². The highest BCUT2D eigenvalue weighted by atomic mass is 16.2. The summed E-state index contributed by atoms with van der Waals surface area (Å²) >= 11 is 0. The summed E-state index contributed by atoms with van der Waals surface area (Å²) < 4.78 is 0. The Morgan fingerprint density at radius 3 is 2.67 bits per heavy atom. The molecule has 0 atom stereocenters. The van der Waals surface area contributed by atoms with Gasteiger partial charge in [0, 0.05) is 11.5 Å². The minimum Gasteiger partial charge on any atom is -0.344 e. The van der Waals surface area contributed by atoms with Crippen LogP contribution in [0.1, 0.15) is 56.0 Å². The molecule has 5 heteroatoms. The summed E-state index contributed by atoms with van der Waals surface area (Å²) in [5.41, 5.74) is -0.0181. The zero-order valence-electron chi connectivity index (χ0n) is 9.29. The third-order valence-corrected chi connectivity index (χ3v) is 2.67.